The Balaban J connectivity index is 2.47. The molecule has 0 saturated carbocycles. The summed E-state index contributed by atoms with van der Waals surface area (Å²) in [6, 6.07) is 5.24. The Morgan fingerprint density at radius 2 is 1.93 bits per heavy atom. The van der Waals surface area contributed by atoms with Crippen LogP contribution in [-0.2, 0) is 0 Å². The van der Waals surface area contributed by atoms with Crippen LogP contribution in [0, 0.1) is 0 Å². The second-order valence-corrected chi connectivity index (χ2v) is 2.69. The average molecular weight is 185 g/mol. The van der Waals surface area contributed by atoms with Gasteiger partial charge in [-0.25, -0.2) is 15.0 Å². The van der Waals surface area contributed by atoms with Crippen LogP contribution < -0.4 is 0 Å². The van der Waals surface area contributed by atoms with E-state index >= 15 is 0 Å². The molecule has 0 amide bonds. The summed E-state index contributed by atoms with van der Waals surface area (Å²) in [4.78, 5) is 22.4. The largest absolute Gasteiger partial charge is 0.296 e. The predicted molar refractivity (Wildman–Crippen MR) is 50.7 cm³/mol. The fourth-order valence-corrected chi connectivity index (χ4v) is 1.11. The van der Waals surface area contributed by atoms with Crippen molar-refractivity contribution in [2.75, 3.05) is 0 Å². The molecule has 4 heteroatoms. The Hall–Kier alpha value is -2.10. The van der Waals surface area contributed by atoms with Crippen LogP contribution in [0.5, 0.6) is 0 Å². The minimum absolute atomic E-state index is 0.409. The summed E-state index contributed by atoms with van der Waals surface area (Å²) >= 11 is 0. The molecule has 4 nitrogen and oxygen atoms in total. The van der Waals surface area contributed by atoms with Crippen LogP contribution in [-0.4, -0.2) is 21.2 Å². The van der Waals surface area contributed by atoms with E-state index in [4.69, 9.17) is 0 Å². The SMILES string of the molecule is O=Cc1cccc(-c2cncnc2)n1. The van der Waals surface area contributed by atoms with Crippen molar-refractivity contribution in [2.45, 2.75) is 0 Å². The Morgan fingerprint density at radius 1 is 1.14 bits per heavy atom. The van der Waals surface area contributed by atoms with Gasteiger partial charge in [0.25, 0.3) is 0 Å². The molecule has 0 aromatic carbocycles. The van der Waals surface area contributed by atoms with Gasteiger partial charge in [-0.3, -0.25) is 4.79 Å². The lowest BCUT2D eigenvalue weighted by Gasteiger charge is -1.98. The summed E-state index contributed by atoms with van der Waals surface area (Å²) < 4.78 is 0. The summed E-state index contributed by atoms with van der Waals surface area (Å²) in [6.45, 7) is 0. The highest BCUT2D eigenvalue weighted by Crippen LogP contribution is 2.13. The highest BCUT2D eigenvalue weighted by molar-refractivity contribution is 5.73. The van der Waals surface area contributed by atoms with E-state index in [1.807, 2.05) is 6.07 Å². The first-order valence-corrected chi connectivity index (χ1v) is 4.08. The van der Waals surface area contributed by atoms with Gasteiger partial charge in [-0.2, -0.15) is 0 Å². The van der Waals surface area contributed by atoms with Crippen LogP contribution in [0.25, 0.3) is 11.3 Å². The number of hydrogen-bond donors (Lipinski definition) is 0. The number of carbonyl (C=O) groups is 1. The molecular weight excluding hydrogens is 178 g/mol. The van der Waals surface area contributed by atoms with E-state index in [9.17, 15) is 4.79 Å². The summed E-state index contributed by atoms with van der Waals surface area (Å²) in [7, 11) is 0. The summed E-state index contributed by atoms with van der Waals surface area (Å²) in [5, 5.41) is 0. The molecule has 68 valence electrons. The topological polar surface area (TPSA) is 55.7 Å². The van der Waals surface area contributed by atoms with Crippen molar-refractivity contribution >= 4 is 6.29 Å². The van der Waals surface area contributed by atoms with Gasteiger partial charge in [-0.15, -0.1) is 0 Å². The Bertz CT molecular complexity index is 442. The number of aldehydes is 1. The molecule has 2 aromatic heterocycles. The van der Waals surface area contributed by atoms with Gasteiger partial charge >= 0.3 is 0 Å². The van der Waals surface area contributed by atoms with Gasteiger partial charge in [0, 0.05) is 18.0 Å². The minimum atomic E-state index is 0.409. The quantitative estimate of drug-likeness (QED) is 0.662. The van der Waals surface area contributed by atoms with Crippen molar-refractivity contribution in [3.05, 3.63) is 42.6 Å². The molecule has 0 atom stereocenters. The molecule has 0 aliphatic carbocycles. The first-order valence-electron chi connectivity index (χ1n) is 4.08. The predicted octanol–water partition coefficient (Wildman–Crippen LogP) is 1.35. The van der Waals surface area contributed by atoms with Gasteiger partial charge in [0.05, 0.1) is 5.69 Å². The number of pyridine rings is 1. The van der Waals surface area contributed by atoms with E-state index in [1.165, 1.54) is 6.33 Å². The fourth-order valence-electron chi connectivity index (χ4n) is 1.11. The molecule has 2 aromatic rings. The minimum Gasteiger partial charge on any atom is -0.296 e. The van der Waals surface area contributed by atoms with Gasteiger partial charge in [0.15, 0.2) is 6.29 Å². The lowest BCUT2D eigenvalue weighted by atomic mass is 10.2. The van der Waals surface area contributed by atoms with Gasteiger partial charge < -0.3 is 0 Å². The smallest absolute Gasteiger partial charge is 0.168 e. The van der Waals surface area contributed by atoms with Gasteiger partial charge in [0.2, 0.25) is 0 Å². The van der Waals surface area contributed by atoms with Crippen LogP contribution >= 0.6 is 0 Å². The maximum atomic E-state index is 10.5. The van der Waals surface area contributed by atoms with Crippen molar-refractivity contribution in [3.63, 3.8) is 0 Å². The van der Waals surface area contributed by atoms with E-state index in [-0.39, 0.29) is 0 Å². The monoisotopic (exact) mass is 185 g/mol. The molecule has 14 heavy (non-hydrogen) atoms. The molecule has 0 aliphatic heterocycles. The van der Waals surface area contributed by atoms with E-state index < -0.39 is 0 Å². The van der Waals surface area contributed by atoms with Crippen LogP contribution in [0.4, 0.5) is 0 Å². The number of aromatic nitrogens is 3. The number of hydrogen-bond acceptors (Lipinski definition) is 4. The zero-order valence-electron chi connectivity index (χ0n) is 7.29. The third-order valence-corrected chi connectivity index (χ3v) is 1.75. The summed E-state index contributed by atoms with van der Waals surface area (Å²) in [5.41, 5.74) is 1.91. The molecule has 0 fully saturated rings. The first-order chi connectivity index (χ1) is 6.90. The molecule has 2 heterocycles. The number of carbonyl (C=O) groups excluding carboxylic acids is 1. The van der Waals surface area contributed by atoms with Gasteiger partial charge in [-0.1, -0.05) is 6.07 Å². The lowest BCUT2D eigenvalue weighted by Crippen LogP contribution is -1.90. The van der Waals surface area contributed by atoms with Crippen molar-refractivity contribution in [3.8, 4) is 11.3 Å². The molecule has 0 bridgehead atoms. The highest BCUT2D eigenvalue weighted by atomic mass is 16.1. The Kier molecular flexibility index (Phi) is 2.27. The van der Waals surface area contributed by atoms with Crippen molar-refractivity contribution in [1.82, 2.24) is 15.0 Å². The maximum absolute atomic E-state index is 10.5. The van der Waals surface area contributed by atoms with Crippen LogP contribution in [0.1, 0.15) is 10.5 Å². The van der Waals surface area contributed by atoms with Crippen LogP contribution in [0.2, 0.25) is 0 Å². The zero-order valence-corrected chi connectivity index (χ0v) is 7.29. The molecule has 0 spiro atoms. The standard InChI is InChI=1S/C10H7N3O/c14-6-9-2-1-3-10(13-9)8-4-11-7-12-5-8/h1-7H. The van der Waals surface area contributed by atoms with E-state index in [0.717, 1.165) is 5.56 Å². The third kappa shape index (κ3) is 1.64. The Morgan fingerprint density at radius 3 is 2.64 bits per heavy atom. The van der Waals surface area contributed by atoms with Crippen molar-refractivity contribution in [1.29, 1.82) is 0 Å². The van der Waals surface area contributed by atoms with Gasteiger partial charge in [0.1, 0.15) is 12.0 Å². The summed E-state index contributed by atoms with van der Waals surface area (Å²) in [6.07, 6.45) is 5.48. The highest BCUT2D eigenvalue weighted by Gasteiger charge is 1.99. The number of rotatable bonds is 2. The van der Waals surface area contributed by atoms with Gasteiger partial charge in [-0.05, 0) is 12.1 Å². The molecule has 2 rings (SSSR count). The molecule has 0 unspecified atom stereocenters. The lowest BCUT2D eigenvalue weighted by molar-refractivity contribution is 0.111. The first kappa shape index (κ1) is 8.50. The maximum Gasteiger partial charge on any atom is 0.168 e. The van der Waals surface area contributed by atoms with Crippen molar-refractivity contribution in [2.24, 2.45) is 0 Å². The molecule has 0 aliphatic rings. The zero-order chi connectivity index (χ0) is 9.80. The average Bonchev–Trinajstić information content (AvgIpc) is 2.30. The second kappa shape index (κ2) is 3.74. The second-order valence-electron chi connectivity index (χ2n) is 2.69. The number of nitrogens with zero attached hydrogens (tertiary/aromatic N) is 3. The normalized spacial score (nSPS) is 9.71. The van der Waals surface area contributed by atoms with Crippen molar-refractivity contribution < 1.29 is 4.79 Å². The molecular formula is C10H7N3O. The van der Waals surface area contributed by atoms with E-state index in [2.05, 4.69) is 15.0 Å². The van der Waals surface area contributed by atoms with Crippen LogP contribution in [0.3, 0.4) is 0 Å². The van der Waals surface area contributed by atoms with E-state index in [1.54, 1.807) is 24.5 Å². The molecule has 0 saturated heterocycles. The Labute approximate surface area is 80.7 Å². The van der Waals surface area contributed by atoms with E-state index in [0.29, 0.717) is 17.7 Å². The summed E-state index contributed by atoms with van der Waals surface area (Å²) in [5.74, 6) is 0. The van der Waals surface area contributed by atoms with Crippen LogP contribution in [0.15, 0.2) is 36.9 Å². The molecule has 0 radical (unpaired) electrons. The fraction of sp³-hybridized carbons (Fsp3) is 0. The third-order valence-electron chi connectivity index (χ3n) is 1.75. The molecule has 0 N–H and O–H groups in total.